The molecule has 1 unspecified atom stereocenters. The molecule has 0 aliphatic rings. The zero-order valence-corrected chi connectivity index (χ0v) is 10.1. The number of hydrogen-bond acceptors (Lipinski definition) is 4. The molecule has 0 spiro atoms. The highest BCUT2D eigenvalue weighted by molar-refractivity contribution is 7.67. The summed E-state index contributed by atoms with van der Waals surface area (Å²) in [5.74, 6) is 2.20. The molecular weight excluding hydrogens is 227 g/mol. The number of rotatable bonds is 5. The Labute approximate surface area is 94.3 Å². The van der Waals surface area contributed by atoms with E-state index in [2.05, 4.69) is 0 Å². The van der Waals surface area contributed by atoms with Crippen molar-refractivity contribution >= 4 is 18.6 Å². The van der Waals surface area contributed by atoms with Gasteiger partial charge in [-0.15, -0.1) is 0 Å². The van der Waals surface area contributed by atoms with E-state index in [-0.39, 0.29) is 6.16 Å². The first kappa shape index (κ1) is 12.7. The Morgan fingerprint density at radius 1 is 1.44 bits per heavy atom. The molecule has 0 amide bonds. The maximum Gasteiger partial charge on any atom is 0.236 e. The molecule has 5 heteroatoms. The molecule has 0 heterocycles. The van der Waals surface area contributed by atoms with Crippen LogP contribution in [0.1, 0.15) is 0 Å². The maximum absolute atomic E-state index is 12.3. The molecule has 1 atom stereocenters. The van der Waals surface area contributed by atoms with Crippen molar-refractivity contribution < 1.29 is 18.6 Å². The standard InChI is InChI=1S/C11H13O4P/c1-14-10-5-3-6-11(9-10)16(13,15-2)8-4-7-12/h3-6,9H,8H2,1-2H3. The van der Waals surface area contributed by atoms with E-state index in [1.807, 2.05) is 0 Å². The Morgan fingerprint density at radius 3 is 2.75 bits per heavy atom. The van der Waals surface area contributed by atoms with Gasteiger partial charge in [0, 0.05) is 18.5 Å². The van der Waals surface area contributed by atoms with Crippen LogP contribution in [0.3, 0.4) is 0 Å². The molecule has 16 heavy (non-hydrogen) atoms. The van der Waals surface area contributed by atoms with Crippen LogP contribution in [-0.2, 0) is 13.9 Å². The molecule has 4 nitrogen and oxygen atoms in total. The fourth-order valence-corrected chi connectivity index (χ4v) is 2.79. The Hall–Kier alpha value is -1.34. The van der Waals surface area contributed by atoms with Gasteiger partial charge in [-0.2, -0.15) is 0 Å². The van der Waals surface area contributed by atoms with Crippen LogP contribution in [-0.4, -0.2) is 26.3 Å². The molecule has 1 aromatic carbocycles. The zero-order valence-electron chi connectivity index (χ0n) is 9.17. The molecule has 0 aliphatic heterocycles. The summed E-state index contributed by atoms with van der Waals surface area (Å²) >= 11 is 0. The second kappa shape index (κ2) is 5.66. The molecule has 86 valence electrons. The minimum Gasteiger partial charge on any atom is -0.497 e. The zero-order chi connectivity index (χ0) is 12.0. The average Bonchev–Trinajstić information content (AvgIpc) is 2.36. The maximum atomic E-state index is 12.3. The summed E-state index contributed by atoms with van der Waals surface area (Å²) in [6.45, 7) is 0. The van der Waals surface area contributed by atoms with Gasteiger partial charge in [-0.3, -0.25) is 4.57 Å². The lowest BCUT2D eigenvalue weighted by Gasteiger charge is -2.14. The lowest BCUT2D eigenvalue weighted by Crippen LogP contribution is -2.08. The van der Waals surface area contributed by atoms with Gasteiger partial charge in [-0.1, -0.05) is 6.07 Å². The lowest BCUT2D eigenvalue weighted by molar-refractivity contribution is 0.403. The van der Waals surface area contributed by atoms with Crippen molar-refractivity contribution in [1.29, 1.82) is 0 Å². The van der Waals surface area contributed by atoms with Crippen molar-refractivity contribution in [1.82, 2.24) is 0 Å². The second-order valence-corrected chi connectivity index (χ2v) is 5.66. The highest BCUT2D eigenvalue weighted by Crippen LogP contribution is 2.45. The first-order valence-corrected chi connectivity index (χ1v) is 6.46. The van der Waals surface area contributed by atoms with E-state index in [1.165, 1.54) is 20.3 Å². The summed E-state index contributed by atoms with van der Waals surface area (Å²) in [4.78, 5) is 10.1. The van der Waals surface area contributed by atoms with Gasteiger partial charge in [0.25, 0.3) is 0 Å². The van der Waals surface area contributed by atoms with Gasteiger partial charge in [0.05, 0.1) is 13.3 Å². The van der Waals surface area contributed by atoms with E-state index in [0.717, 1.165) is 0 Å². The minimum atomic E-state index is -3.01. The van der Waals surface area contributed by atoms with E-state index in [0.29, 0.717) is 11.1 Å². The van der Waals surface area contributed by atoms with E-state index in [4.69, 9.17) is 9.26 Å². The molecule has 1 rings (SSSR count). The van der Waals surface area contributed by atoms with Crippen LogP contribution in [0.15, 0.2) is 30.3 Å². The molecule has 0 saturated heterocycles. The van der Waals surface area contributed by atoms with Gasteiger partial charge in [-0.25, -0.2) is 4.79 Å². The van der Waals surface area contributed by atoms with Crippen LogP contribution >= 0.6 is 7.37 Å². The van der Waals surface area contributed by atoms with Crippen LogP contribution < -0.4 is 10.0 Å². The minimum absolute atomic E-state index is 0.0418. The number of ether oxygens (including phenoxy) is 1. The van der Waals surface area contributed by atoms with Crippen LogP contribution in [0.2, 0.25) is 0 Å². The van der Waals surface area contributed by atoms with Crippen LogP contribution in [0, 0.1) is 0 Å². The summed E-state index contributed by atoms with van der Waals surface area (Å²) in [5.41, 5.74) is 0. The van der Waals surface area contributed by atoms with E-state index in [1.54, 1.807) is 30.2 Å². The van der Waals surface area contributed by atoms with Gasteiger partial charge in [0.2, 0.25) is 7.37 Å². The molecule has 0 bridgehead atoms. The molecular formula is C11H13O4P. The van der Waals surface area contributed by atoms with Gasteiger partial charge in [0.15, 0.2) is 0 Å². The smallest absolute Gasteiger partial charge is 0.236 e. The summed E-state index contributed by atoms with van der Waals surface area (Å²) in [7, 11) is -0.117. The third-order valence-corrected chi connectivity index (χ3v) is 4.47. The van der Waals surface area contributed by atoms with Crippen molar-refractivity contribution in [3.63, 3.8) is 0 Å². The van der Waals surface area contributed by atoms with Crippen molar-refractivity contribution in [2.45, 2.75) is 0 Å². The summed E-state index contributed by atoms with van der Waals surface area (Å²) in [6.07, 6.45) is 1.21. The number of carbonyl (C=O) groups excluding carboxylic acids is 1. The predicted molar refractivity (Wildman–Crippen MR) is 62.4 cm³/mol. The van der Waals surface area contributed by atoms with Crippen molar-refractivity contribution in [2.24, 2.45) is 0 Å². The van der Waals surface area contributed by atoms with Gasteiger partial charge >= 0.3 is 0 Å². The third-order valence-electron chi connectivity index (χ3n) is 2.16. The largest absolute Gasteiger partial charge is 0.497 e. The van der Waals surface area contributed by atoms with Gasteiger partial charge in [0.1, 0.15) is 11.7 Å². The van der Waals surface area contributed by atoms with E-state index in [9.17, 15) is 9.36 Å². The highest BCUT2D eigenvalue weighted by atomic mass is 31.2. The van der Waals surface area contributed by atoms with Gasteiger partial charge in [-0.05, 0) is 18.2 Å². The Bertz CT molecular complexity index is 449. The second-order valence-electron chi connectivity index (χ2n) is 3.06. The molecule has 0 saturated carbocycles. The lowest BCUT2D eigenvalue weighted by atomic mass is 10.3. The van der Waals surface area contributed by atoms with E-state index < -0.39 is 7.37 Å². The fourth-order valence-electron chi connectivity index (χ4n) is 1.27. The first-order valence-electron chi connectivity index (χ1n) is 4.65. The summed E-state index contributed by atoms with van der Waals surface area (Å²) in [6, 6.07) is 6.80. The third kappa shape index (κ3) is 2.83. The Balaban J connectivity index is 3.11. The van der Waals surface area contributed by atoms with Crippen LogP contribution in [0.4, 0.5) is 0 Å². The highest BCUT2D eigenvalue weighted by Gasteiger charge is 2.23. The van der Waals surface area contributed by atoms with Crippen molar-refractivity contribution in [3.8, 4) is 5.75 Å². The topological polar surface area (TPSA) is 52.6 Å². The average molecular weight is 240 g/mol. The number of allylic oxidation sites excluding steroid dienone is 1. The molecule has 0 aromatic heterocycles. The summed E-state index contributed by atoms with van der Waals surface area (Å²) in [5, 5.41) is 0.529. The number of hydrogen-bond donors (Lipinski definition) is 0. The number of methoxy groups -OCH3 is 1. The van der Waals surface area contributed by atoms with Crippen LogP contribution in [0.5, 0.6) is 5.75 Å². The van der Waals surface area contributed by atoms with E-state index >= 15 is 0 Å². The van der Waals surface area contributed by atoms with Crippen molar-refractivity contribution in [2.75, 3.05) is 20.4 Å². The fraction of sp³-hybridized carbons (Fsp3) is 0.273. The normalized spacial score (nSPS) is 13.6. The first-order chi connectivity index (χ1) is 7.66. The number of benzene rings is 1. The predicted octanol–water partition coefficient (Wildman–Crippen LogP) is 1.63. The summed E-state index contributed by atoms with van der Waals surface area (Å²) < 4.78 is 22.4. The molecule has 1 aromatic rings. The van der Waals surface area contributed by atoms with Crippen molar-refractivity contribution in [3.05, 3.63) is 30.3 Å². The van der Waals surface area contributed by atoms with Crippen LogP contribution in [0.25, 0.3) is 0 Å². The molecule has 0 fully saturated rings. The Morgan fingerprint density at radius 2 is 2.19 bits per heavy atom. The Kier molecular flexibility index (Phi) is 4.51. The molecule has 0 N–H and O–H groups in total. The molecule has 0 aliphatic carbocycles. The van der Waals surface area contributed by atoms with Gasteiger partial charge < -0.3 is 9.26 Å². The molecule has 0 radical (unpaired) electrons. The SMILES string of the molecule is COc1cccc(P(=O)(CC=C=O)OC)c1. The quantitative estimate of drug-likeness (QED) is 0.579. The monoisotopic (exact) mass is 240 g/mol.